The summed E-state index contributed by atoms with van der Waals surface area (Å²) in [5.74, 6) is 0. The van der Waals surface area contributed by atoms with Gasteiger partial charge in [-0.05, 0) is 24.3 Å². The summed E-state index contributed by atoms with van der Waals surface area (Å²) in [6, 6.07) is 3.86. The van der Waals surface area contributed by atoms with Crippen molar-refractivity contribution in [2.75, 3.05) is 13.2 Å². The van der Waals surface area contributed by atoms with E-state index in [-0.39, 0.29) is 12.1 Å². The van der Waals surface area contributed by atoms with Gasteiger partial charge in [-0.2, -0.15) is 0 Å². The van der Waals surface area contributed by atoms with Gasteiger partial charge in [0.2, 0.25) is 0 Å². The van der Waals surface area contributed by atoms with Gasteiger partial charge in [0, 0.05) is 17.0 Å². The van der Waals surface area contributed by atoms with Crippen molar-refractivity contribution < 1.29 is 10.2 Å². The largest absolute Gasteiger partial charge is 0.394 e. The summed E-state index contributed by atoms with van der Waals surface area (Å²) < 4.78 is 0. The van der Waals surface area contributed by atoms with Crippen LogP contribution in [0.25, 0.3) is 0 Å². The average molecular weight is 213 g/mol. The molecule has 78 valence electrons. The zero-order valence-corrected chi connectivity index (χ0v) is 8.76. The predicted octanol–water partition coefficient (Wildman–Crippen LogP) is 0.896. The lowest BCUT2D eigenvalue weighted by Crippen LogP contribution is -2.37. The Bertz CT molecular complexity index is 282. The minimum Gasteiger partial charge on any atom is -0.394 e. The summed E-state index contributed by atoms with van der Waals surface area (Å²) in [5.41, 5.74) is -0.0851. The maximum atomic E-state index is 9.76. The maximum Gasteiger partial charge on any atom is 0.101 e. The highest BCUT2D eigenvalue weighted by Gasteiger charge is 2.41. The van der Waals surface area contributed by atoms with E-state index in [0.29, 0.717) is 6.54 Å². The first-order valence-corrected chi connectivity index (χ1v) is 5.71. The number of aliphatic hydroxyl groups excluding tert-OH is 2. The Hall–Kier alpha value is -0.420. The van der Waals surface area contributed by atoms with Crippen LogP contribution in [-0.4, -0.2) is 28.9 Å². The Balaban J connectivity index is 1.81. The first kappa shape index (κ1) is 10.1. The molecule has 1 fully saturated rings. The van der Waals surface area contributed by atoms with E-state index in [9.17, 15) is 5.11 Å². The minimum absolute atomic E-state index is 0.0851. The standard InChI is InChI=1S/C10H15NO2S/c12-7-10(3-4-10)11-6-8(13)9-2-1-5-14-9/h1-2,5,8,11-13H,3-4,6-7H2. The second-order valence-electron chi connectivity index (χ2n) is 3.85. The van der Waals surface area contributed by atoms with Gasteiger partial charge in [0.15, 0.2) is 0 Å². The Morgan fingerprint density at radius 3 is 2.86 bits per heavy atom. The normalized spacial score (nSPS) is 20.7. The molecule has 14 heavy (non-hydrogen) atoms. The molecule has 0 spiro atoms. The number of β-amino-alcohol motifs (C(OH)–C–C–N with tert-alkyl or cyclic N) is 1. The molecule has 0 amide bonds. The van der Waals surface area contributed by atoms with Crippen molar-refractivity contribution in [3.63, 3.8) is 0 Å². The van der Waals surface area contributed by atoms with E-state index in [0.717, 1.165) is 17.7 Å². The molecule has 0 bridgehead atoms. The van der Waals surface area contributed by atoms with Gasteiger partial charge in [-0.1, -0.05) is 6.07 Å². The van der Waals surface area contributed by atoms with Crippen LogP contribution in [0.3, 0.4) is 0 Å². The van der Waals surface area contributed by atoms with Crippen LogP contribution in [0, 0.1) is 0 Å². The molecule has 0 aromatic carbocycles. The molecule has 1 aromatic heterocycles. The molecule has 3 N–H and O–H groups in total. The van der Waals surface area contributed by atoms with E-state index in [4.69, 9.17) is 5.11 Å². The van der Waals surface area contributed by atoms with E-state index in [1.165, 1.54) is 0 Å². The van der Waals surface area contributed by atoms with Crippen LogP contribution in [0.4, 0.5) is 0 Å². The van der Waals surface area contributed by atoms with E-state index < -0.39 is 6.10 Å². The number of nitrogens with one attached hydrogen (secondary N) is 1. The highest BCUT2D eigenvalue weighted by molar-refractivity contribution is 7.10. The van der Waals surface area contributed by atoms with Crippen molar-refractivity contribution in [3.05, 3.63) is 22.4 Å². The zero-order valence-electron chi connectivity index (χ0n) is 7.94. The first-order chi connectivity index (χ1) is 6.76. The lowest BCUT2D eigenvalue weighted by Gasteiger charge is -2.16. The maximum absolute atomic E-state index is 9.76. The minimum atomic E-state index is -0.445. The molecule has 0 radical (unpaired) electrons. The monoisotopic (exact) mass is 213 g/mol. The van der Waals surface area contributed by atoms with E-state index in [2.05, 4.69) is 5.32 Å². The summed E-state index contributed by atoms with van der Waals surface area (Å²) in [4.78, 5) is 0.978. The lowest BCUT2D eigenvalue weighted by atomic mass is 10.2. The fourth-order valence-corrected chi connectivity index (χ4v) is 2.15. The summed E-state index contributed by atoms with van der Waals surface area (Å²) in [7, 11) is 0. The molecule has 4 heteroatoms. The van der Waals surface area contributed by atoms with E-state index >= 15 is 0 Å². The number of hydrogen-bond donors (Lipinski definition) is 3. The quantitative estimate of drug-likeness (QED) is 0.681. The Morgan fingerprint density at radius 1 is 1.57 bits per heavy atom. The smallest absolute Gasteiger partial charge is 0.101 e. The van der Waals surface area contributed by atoms with Crippen molar-refractivity contribution in [2.24, 2.45) is 0 Å². The van der Waals surface area contributed by atoms with Crippen molar-refractivity contribution >= 4 is 11.3 Å². The first-order valence-electron chi connectivity index (χ1n) is 4.83. The third kappa shape index (κ3) is 2.15. The molecular weight excluding hydrogens is 198 g/mol. The third-order valence-electron chi connectivity index (χ3n) is 2.70. The molecule has 3 nitrogen and oxygen atoms in total. The summed E-state index contributed by atoms with van der Waals surface area (Å²) in [6.45, 7) is 0.700. The van der Waals surface area contributed by atoms with Gasteiger partial charge in [0.05, 0.1) is 6.61 Å². The van der Waals surface area contributed by atoms with Gasteiger partial charge in [-0.25, -0.2) is 0 Å². The second-order valence-corrected chi connectivity index (χ2v) is 4.83. The molecule has 0 aliphatic heterocycles. The van der Waals surface area contributed by atoms with Crippen molar-refractivity contribution in [2.45, 2.75) is 24.5 Å². The molecule has 1 aliphatic carbocycles. The van der Waals surface area contributed by atoms with Crippen LogP contribution >= 0.6 is 11.3 Å². The van der Waals surface area contributed by atoms with Crippen molar-refractivity contribution in [1.82, 2.24) is 5.32 Å². The average Bonchev–Trinajstić information content (AvgIpc) is 2.78. The van der Waals surface area contributed by atoms with Crippen LogP contribution in [0.5, 0.6) is 0 Å². The predicted molar refractivity (Wildman–Crippen MR) is 56.3 cm³/mol. The summed E-state index contributed by atoms with van der Waals surface area (Å²) in [6.07, 6.45) is 1.58. The SMILES string of the molecule is OCC1(NCC(O)c2cccs2)CC1. The fourth-order valence-electron chi connectivity index (χ4n) is 1.44. The van der Waals surface area contributed by atoms with Gasteiger partial charge in [-0.15, -0.1) is 11.3 Å². The molecular formula is C10H15NO2S. The van der Waals surface area contributed by atoms with Crippen LogP contribution in [0.1, 0.15) is 23.8 Å². The Kier molecular flexibility index (Phi) is 2.88. The molecule has 1 heterocycles. The highest BCUT2D eigenvalue weighted by Crippen LogP contribution is 2.35. The molecule has 2 rings (SSSR count). The topological polar surface area (TPSA) is 52.5 Å². The molecule has 1 saturated carbocycles. The van der Waals surface area contributed by atoms with Crippen LogP contribution in [0.2, 0.25) is 0 Å². The molecule has 1 aromatic rings. The van der Waals surface area contributed by atoms with Crippen LogP contribution < -0.4 is 5.32 Å². The van der Waals surface area contributed by atoms with Crippen molar-refractivity contribution in [3.8, 4) is 0 Å². The van der Waals surface area contributed by atoms with Gasteiger partial charge in [-0.3, -0.25) is 0 Å². The number of aliphatic hydroxyl groups is 2. The number of hydrogen-bond acceptors (Lipinski definition) is 4. The summed E-state index contributed by atoms with van der Waals surface area (Å²) in [5, 5.41) is 24.0. The fraction of sp³-hybridized carbons (Fsp3) is 0.600. The van der Waals surface area contributed by atoms with Gasteiger partial charge < -0.3 is 15.5 Å². The summed E-state index contributed by atoms with van der Waals surface area (Å²) >= 11 is 1.56. The van der Waals surface area contributed by atoms with E-state index in [1.807, 2.05) is 17.5 Å². The number of rotatable bonds is 5. The third-order valence-corrected chi connectivity index (χ3v) is 3.67. The van der Waals surface area contributed by atoms with Crippen LogP contribution in [-0.2, 0) is 0 Å². The molecule has 1 aliphatic rings. The molecule has 0 saturated heterocycles. The van der Waals surface area contributed by atoms with Gasteiger partial charge in [0.25, 0.3) is 0 Å². The Labute approximate surface area is 87.4 Å². The highest BCUT2D eigenvalue weighted by atomic mass is 32.1. The van der Waals surface area contributed by atoms with Gasteiger partial charge in [0.1, 0.15) is 6.10 Å². The lowest BCUT2D eigenvalue weighted by molar-refractivity contribution is 0.157. The van der Waals surface area contributed by atoms with Crippen molar-refractivity contribution in [1.29, 1.82) is 0 Å². The Morgan fingerprint density at radius 2 is 2.36 bits per heavy atom. The van der Waals surface area contributed by atoms with Gasteiger partial charge >= 0.3 is 0 Å². The molecule has 1 unspecified atom stereocenters. The zero-order chi connectivity index (χ0) is 10.0. The molecule has 1 atom stereocenters. The second kappa shape index (κ2) is 3.98. The number of thiophene rings is 1. The van der Waals surface area contributed by atoms with Crippen LogP contribution in [0.15, 0.2) is 17.5 Å². The van der Waals surface area contributed by atoms with E-state index in [1.54, 1.807) is 11.3 Å².